The lowest BCUT2D eigenvalue weighted by atomic mass is 9.75. The Morgan fingerprint density at radius 3 is 2.47 bits per heavy atom. The molecule has 6 nitrogen and oxygen atoms in total. The fourth-order valence-electron chi connectivity index (χ4n) is 6.20. The molecule has 0 aromatic heterocycles. The molecule has 2 heterocycles. The van der Waals surface area contributed by atoms with E-state index < -0.39 is 35.3 Å². The Morgan fingerprint density at radius 1 is 1.08 bits per heavy atom. The molecule has 2 aliphatic heterocycles. The van der Waals surface area contributed by atoms with Gasteiger partial charge in [0.15, 0.2) is 6.10 Å². The van der Waals surface area contributed by atoms with Crippen LogP contribution in [-0.4, -0.2) is 41.5 Å². The highest BCUT2D eigenvalue weighted by Gasteiger charge is 2.69. The zero-order valence-electron chi connectivity index (χ0n) is 20.7. The summed E-state index contributed by atoms with van der Waals surface area (Å²) in [4.78, 5) is 25.6. The number of hydrogen-bond acceptors (Lipinski definition) is 6. The molecule has 6 heteroatoms. The van der Waals surface area contributed by atoms with Crippen molar-refractivity contribution in [1.82, 2.24) is 0 Å². The molecule has 1 N–H and O–H groups in total. The molecule has 5 unspecified atom stereocenters. The molecule has 0 saturated carbocycles. The molecule has 1 aliphatic carbocycles. The Bertz CT molecular complexity index is 1190. The molecule has 188 valence electrons. The number of esters is 2. The molecular weight excluding hydrogens is 456 g/mol. The molecule has 0 amide bonds. The number of aliphatic hydroxyl groups is 1. The quantitative estimate of drug-likeness (QED) is 0.345. The van der Waals surface area contributed by atoms with Gasteiger partial charge < -0.3 is 19.3 Å². The van der Waals surface area contributed by atoms with Gasteiger partial charge in [0.2, 0.25) is 0 Å². The van der Waals surface area contributed by atoms with Crippen LogP contribution >= 0.6 is 0 Å². The molecule has 36 heavy (non-hydrogen) atoms. The van der Waals surface area contributed by atoms with Crippen molar-refractivity contribution in [1.29, 1.82) is 0 Å². The standard InChI is InChI=1S/C30H32O6/c1-20-13-15-23-27(20)28(35-25(32)16-14-21-9-5-3-6-10-21)30(22-11-7-4-8-12-22)19-24(29(23,2)36-30)34-26(33)17-18-31/h3-12,14,16,23-24,28,31H,13,15,17-19H2,1-2H3/b16-14+. The summed E-state index contributed by atoms with van der Waals surface area (Å²) in [7, 11) is 0. The summed E-state index contributed by atoms with van der Waals surface area (Å²) in [6, 6.07) is 19.4. The van der Waals surface area contributed by atoms with Crippen LogP contribution in [0, 0.1) is 5.92 Å². The number of allylic oxidation sites excluding steroid dienone is 1. The summed E-state index contributed by atoms with van der Waals surface area (Å²) >= 11 is 0. The molecule has 5 atom stereocenters. The monoisotopic (exact) mass is 488 g/mol. The summed E-state index contributed by atoms with van der Waals surface area (Å²) in [5.74, 6) is -0.944. The van der Waals surface area contributed by atoms with Gasteiger partial charge in [0.05, 0.1) is 13.0 Å². The third-order valence-electron chi connectivity index (χ3n) is 7.90. The van der Waals surface area contributed by atoms with Crippen molar-refractivity contribution in [3.05, 3.63) is 89.0 Å². The van der Waals surface area contributed by atoms with Gasteiger partial charge in [-0.05, 0) is 49.5 Å². The van der Waals surface area contributed by atoms with Gasteiger partial charge in [0.1, 0.15) is 17.3 Å². The van der Waals surface area contributed by atoms with Gasteiger partial charge in [-0.3, -0.25) is 4.79 Å². The lowest BCUT2D eigenvalue weighted by Crippen LogP contribution is -2.55. The van der Waals surface area contributed by atoms with E-state index in [4.69, 9.17) is 14.2 Å². The van der Waals surface area contributed by atoms with Crippen molar-refractivity contribution in [3.8, 4) is 0 Å². The summed E-state index contributed by atoms with van der Waals surface area (Å²) in [5, 5.41) is 9.25. The Hall–Kier alpha value is -3.22. The molecule has 5 rings (SSSR count). The van der Waals surface area contributed by atoms with Crippen LogP contribution in [0.4, 0.5) is 0 Å². The van der Waals surface area contributed by atoms with Gasteiger partial charge in [-0.25, -0.2) is 4.79 Å². The lowest BCUT2D eigenvalue weighted by Gasteiger charge is -2.48. The first-order valence-corrected chi connectivity index (χ1v) is 12.6. The zero-order chi connectivity index (χ0) is 25.3. The smallest absolute Gasteiger partial charge is 0.331 e. The molecule has 2 aromatic carbocycles. The first kappa shape index (κ1) is 24.5. The van der Waals surface area contributed by atoms with Crippen LogP contribution in [0.5, 0.6) is 0 Å². The highest BCUT2D eigenvalue weighted by Crippen LogP contribution is 2.62. The minimum atomic E-state index is -0.992. The second kappa shape index (κ2) is 9.68. The molecule has 2 bridgehead atoms. The minimum absolute atomic E-state index is 0.0420. The number of ether oxygens (including phenoxy) is 3. The van der Waals surface area contributed by atoms with Crippen molar-refractivity contribution in [3.63, 3.8) is 0 Å². The molecule has 3 aliphatic rings. The van der Waals surface area contributed by atoms with E-state index in [9.17, 15) is 14.7 Å². The number of fused-ring (bicyclic) bond motifs is 4. The molecule has 2 fully saturated rings. The minimum Gasteiger partial charge on any atom is -0.459 e. The molecule has 2 saturated heterocycles. The van der Waals surface area contributed by atoms with E-state index >= 15 is 0 Å². The Kier molecular flexibility index (Phi) is 6.58. The molecule has 0 spiro atoms. The van der Waals surface area contributed by atoms with E-state index in [-0.39, 0.29) is 18.9 Å². The molecule has 0 radical (unpaired) electrons. The highest BCUT2D eigenvalue weighted by atomic mass is 16.6. The first-order chi connectivity index (χ1) is 17.4. The second-order valence-corrected chi connectivity index (χ2v) is 10.1. The van der Waals surface area contributed by atoms with Gasteiger partial charge in [0, 0.05) is 18.4 Å². The number of hydrogen-bond donors (Lipinski definition) is 1. The van der Waals surface area contributed by atoms with Crippen molar-refractivity contribution < 1.29 is 28.9 Å². The predicted molar refractivity (Wildman–Crippen MR) is 135 cm³/mol. The van der Waals surface area contributed by atoms with Gasteiger partial charge in [-0.2, -0.15) is 0 Å². The van der Waals surface area contributed by atoms with Gasteiger partial charge in [0.25, 0.3) is 0 Å². The zero-order valence-corrected chi connectivity index (χ0v) is 20.7. The third kappa shape index (κ3) is 4.18. The molecular formula is C30H32O6. The summed E-state index contributed by atoms with van der Waals surface area (Å²) in [5.41, 5.74) is 2.31. The Labute approximate surface area is 211 Å². The average Bonchev–Trinajstić information content (AvgIpc) is 3.39. The number of carbonyl (C=O) groups is 2. The summed E-state index contributed by atoms with van der Waals surface area (Å²) in [6.07, 6.45) is 4.02. The number of aliphatic hydroxyl groups excluding tert-OH is 1. The van der Waals surface area contributed by atoms with Crippen molar-refractivity contribution in [2.45, 2.75) is 62.9 Å². The third-order valence-corrected chi connectivity index (χ3v) is 7.90. The van der Waals surface area contributed by atoms with Crippen LogP contribution in [0.15, 0.2) is 77.9 Å². The van der Waals surface area contributed by atoms with E-state index in [1.807, 2.05) is 67.6 Å². The van der Waals surface area contributed by atoms with Crippen LogP contribution in [0.2, 0.25) is 0 Å². The number of carbonyl (C=O) groups excluding carboxylic acids is 2. The SMILES string of the molecule is CC1=C2C(OC(=O)/C=C/c3ccccc3)C3(c4ccccc4)CC(OC(=O)CCO)C(C)(O3)C2CC1. The van der Waals surface area contributed by atoms with Crippen LogP contribution < -0.4 is 0 Å². The first-order valence-electron chi connectivity index (χ1n) is 12.6. The van der Waals surface area contributed by atoms with Crippen molar-refractivity contribution >= 4 is 18.0 Å². The maximum atomic E-state index is 13.2. The van der Waals surface area contributed by atoms with Crippen LogP contribution in [0.25, 0.3) is 6.08 Å². The average molecular weight is 489 g/mol. The van der Waals surface area contributed by atoms with Crippen molar-refractivity contribution in [2.75, 3.05) is 6.61 Å². The van der Waals surface area contributed by atoms with E-state index in [2.05, 4.69) is 6.92 Å². The van der Waals surface area contributed by atoms with Gasteiger partial charge >= 0.3 is 11.9 Å². The number of rotatable bonds is 7. The maximum Gasteiger partial charge on any atom is 0.331 e. The lowest BCUT2D eigenvalue weighted by molar-refractivity contribution is -0.215. The number of benzene rings is 2. The second-order valence-electron chi connectivity index (χ2n) is 10.1. The van der Waals surface area contributed by atoms with E-state index in [1.165, 1.54) is 11.6 Å². The summed E-state index contributed by atoms with van der Waals surface area (Å²) < 4.78 is 19.1. The summed E-state index contributed by atoms with van der Waals surface area (Å²) in [6.45, 7) is 3.83. The normalized spacial score (nSPS) is 30.9. The van der Waals surface area contributed by atoms with E-state index in [0.29, 0.717) is 6.42 Å². The maximum absolute atomic E-state index is 13.2. The fourth-order valence-corrected chi connectivity index (χ4v) is 6.20. The van der Waals surface area contributed by atoms with E-state index in [0.717, 1.165) is 29.5 Å². The van der Waals surface area contributed by atoms with Crippen LogP contribution in [-0.2, 0) is 29.4 Å². The van der Waals surface area contributed by atoms with Crippen LogP contribution in [0.1, 0.15) is 50.7 Å². The van der Waals surface area contributed by atoms with E-state index in [1.54, 1.807) is 6.08 Å². The van der Waals surface area contributed by atoms with Gasteiger partial charge in [-0.15, -0.1) is 0 Å². The molecule has 2 aromatic rings. The van der Waals surface area contributed by atoms with Gasteiger partial charge in [-0.1, -0.05) is 66.2 Å². The topological polar surface area (TPSA) is 82.1 Å². The fraction of sp³-hybridized carbons (Fsp3) is 0.400. The largest absolute Gasteiger partial charge is 0.459 e. The van der Waals surface area contributed by atoms with Crippen molar-refractivity contribution in [2.24, 2.45) is 5.92 Å². The van der Waals surface area contributed by atoms with Crippen LogP contribution in [0.3, 0.4) is 0 Å². The Balaban J connectivity index is 1.55. The predicted octanol–water partition coefficient (Wildman–Crippen LogP) is 4.72. The Morgan fingerprint density at radius 2 is 1.78 bits per heavy atom. The highest BCUT2D eigenvalue weighted by molar-refractivity contribution is 5.87.